The van der Waals surface area contributed by atoms with Gasteiger partial charge in [-0.05, 0) is 53.0 Å². The van der Waals surface area contributed by atoms with Gasteiger partial charge in [0.2, 0.25) is 5.78 Å². The Morgan fingerprint density at radius 2 is 1.66 bits per heavy atom. The number of hydrogen-bond acceptors (Lipinski definition) is 9. The minimum absolute atomic E-state index is 0.0884. The maximum Gasteiger partial charge on any atom is 0.358 e. The molecule has 2 N–H and O–H groups in total. The van der Waals surface area contributed by atoms with Crippen LogP contribution in [0.2, 0.25) is 0 Å². The molecule has 3 aliphatic carbocycles. The first-order valence-corrected chi connectivity index (χ1v) is 11.6. The van der Waals surface area contributed by atoms with Crippen LogP contribution in [0.1, 0.15) is 60.8 Å². The molecule has 1 aliphatic heterocycles. The third kappa shape index (κ3) is 2.40. The molecule has 6 atom stereocenters. The summed E-state index contributed by atoms with van der Waals surface area (Å²) < 4.78 is 10.1. The monoisotopic (exact) mass is 488 g/mol. The predicted octanol–water partition coefficient (Wildman–Crippen LogP) is 2.15. The molecule has 0 aromatic heterocycles. The molecule has 9 nitrogen and oxygen atoms in total. The van der Waals surface area contributed by atoms with Gasteiger partial charge in [-0.2, -0.15) is 0 Å². The molecular formula is C26H32O9. The van der Waals surface area contributed by atoms with E-state index in [1.54, 1.807) is 20.8 Å². The maximum atomic E-state index is 14.0. The van der Waals surface area contributed by atoms with Gasteiger partial charge < -0.3 is 19.7 Å². The number of carbonyl (C=O) groups is 5. The minimum atomic E-state index is -2.27. The van der Waals surface area contributed by atoms with E-state index in [9.17, 15) is 34.2 Å². The van der Waals surface area contributed by atoms with Crippen molar-refractivity contribution < 1.29 is 43.7 Å². The van der Waals surface area contributed by atoms with Crippen molar-refractivity contribution in [3.05, 3.63) is 23.5 Å². The summed E-state index contributed by atoms with van der Waals surface area (Å²) in [4.78, 5) is 66.7. The van der Waals surface area contributed by atoms with Crippen LogP contribution >= 0.6 is 0 Å². The molecule has 0 amide bonds. The van der Waals surface area contributed by atoms with Gasteiger partial charge in [-0.3, -0.25) is 19.2 Å². The molecule has 0 aromatic rings. The average Bonchev–Trinajstić information content (AvgIpc) is 2.76. The van der Waals surface area contributed by atoms with Crippen LogP contribution in [-0.4, -0.2) is 57.8 Å². The molecule has 9 heteroatoms. The lowest BCUT2D eigenvalue weighted by molar-refractivity contribution is -0.241. The van der Waals surface area contributed by atoms with Crippen LogP contribution in [0.4, 0.5) is 0 Å². The first kappa shape index (κ1) is 25.3. The van der Waals surface area contributed by atoms with Gasteiger partial charge in [0, 0.05) is 17.3 Å². The Balaban J connectivity index is 2.04. The van der Waals surface area contributed by atoms with E-state index in [0.29, 0.717) is 0 Å². The molecule has 1 saturated heterocycles. The van der Waals surface area contributed by atoms with E-state index in [1.807, 2.05) is 0 Å². The maximum absolute atomic E-state index is 14.0. The fourth-order valence-corrected chi connectivity index (χ4v) is 7.64. The number of aliphatic hydroxyl groups excluding tert-OH is 1. The Morgan fingerprint density at radius 1 is 1.09 bits per heavy atom. The van der Waals surface area contributed by atoms with Gasteiger partial charge in [0.1, 0.15) is 5.78 Å². The third-order valence-electron chi connectivity index (χ3n) is 9.80. The Morgan fingerprint density at radius 3 is 2.20 bits per heavy atom. The number of cyclic esters (lactones) is 1. The van der Waals surface area contributed by atoms with Crippen LogP contribution in [0.5, 0.6) is 0 Å². The summed E-state index contributed by atoms with van der Waals surface area (Å²) in [6.07, 6.45) is -0.0608. The first-order chi connectivity index (χ1) is 15.8. The van der Waals surface area contributed by atoms with Crippen LogP contribution in [0.3, 0.4) is 0 Å². The number of hydrogen-bond donors (Lipinski definition) is 2. The number of methoxy groups -OCH3 is 1. The highest BCUT2D eigenvalue weighted by atomic mass is 16.6. The van der Waals surface area contributed by atoms with Crippen molar-refractivity contribution in [2.75, 3.05) is 7.11 Å². The molecule has 0 spiro atoms. The van der Waals surface area contributed by atoms with Gasteiger partial charge in [0.05, 0.1) is 29.5 Å². The van der Waals surface area contributed by atoms with E-state index < -0.39 is 68.0 Å². The first-order valence-electron chi connectivity index (χ1n) is 11.6. The average molecular weight is 489 g/mol. The molecule has 35 heavy (non-hydrogen) atoms. The van der Waals surface area contributed by atoms with Crippen LogP contribution in [0.15, 0.2) is 23.5 Å². The fourth-order valence-electron chi connectivity index (χ4n) is 7.64. The van der Waals surface area contributed by atoms with Crippen molar-refractivity contribution in [3.8, 4) is 0 Å². The van der Waals surface area contributed by atoms with Crippen LogP contribution in [-0.2, 0) is 33.4 Å². The number of ether oxygens (including phenoxy) is 2. The minimum Gasteiger partial charge on any atom is -0.504 e. The van der Waals surface area contributed by atoms with E-state index in [2.05, 4.69) is 6.58 Å². The standard InChI is InChI=1S/C26H32O9/c1-12-11-26(33)22(4)10-9-13(27)21(2,3)15(22)14(28)17(29)24(26,6)16-18(30)35-25(7,20(32)34-8)19(31)23(12,16)5/h16,28,33H,1,9-11H2,2-8H3/t16-,22+,23+,24-,25+,26-/m0/s1. The summed E-state index contributed by atoms with van der Waals surface area (Å²) in [5.74, 6) is -6.35. The summed E-state index contributed by atoms with van der Waals surface area (Å²) in [5.41, 5.74) is -10.3. The summed E-state index contributed by atoms with van der Waals surface area (Å²) in [6.45, 7) is 12.8. The highest BCUT2D eigenvalue weighted by molar-refractivity contribution is 6.17. The zero-order valence-electron chi connectivity index (χ0n) is 21.2. The number of aliphatic hydroxyl groups is 2. The number of fused-ring (bicyclic) bond motifs is 5. The van der Waals surface area contributed by atoms with Gasteiger partial charge in [-0.15, -0.1) is 0 Å². The molecule has 4 rings (SSSR count). The van der Waals surface area contributed by atoms with Crippen molar-refractivity contribution in [3.63, 3.8) is 0 Å². The Labute approximate surface area is 203 Å². The molecule has 3 fully saturated rings. The smallest absolute Gasteiger partial charge is 0.358 e. The highest BCUT2D eigenvalue weighted by Crippen LogP contribution is 2.72. The van der Waals surface area contributed by atoms with Gasteiger partial charge >= 0.3 is 11.9 Å². The highest BCUT2D eigenvalue weighted by Gasteiger charge is 2.81. The lowest BCUT2D eigenvalue weighted by atomic mass is 9.35. The summed E-state index contributed by atoms with van der Waals surface area (Å²) >= 11 is 0. The third-order valence-corrected chi connectivity index (χ3v) is 9.80. The fraction of sp³-hybridized carbons (Fsp3) is 0.654. The van der Waals surface area contributed by atoms with Crippen molar-refractivity contribution in [1.29, 1.82) is 0 Å². The van der Waals surface area contributed by atoms with E-state index in [0.717, 1.165) is 14.0 Å². The van der Waals surface area contributed by atoms with Gasteiger partial charge in [0.15, 0.2) is 11.5 Å². The Hall–Kier alpha value is -2.81. The molecule has 190 valence electrons. The van der Waals surface area contributed by atoms with Gasteiger partial charge in [0.25, 0.3) is 5.60 Å². The topological polar surface area (TPSA) is 144 Å². The van der Waals surface area contributed by atoms with E-state index in [4.69, 9.17) is 9.47 Å². The molecule has 0 radical (unpaired) electrons. The van der Waals surface area contributed by atoms with Gasteiger partial charge in [-0.1, -0.05) is 19.1 Å². The molecule has 0 bridgehead atoms. The summed E-state index contributed by atoms with van der Waals surface area (Å²) in [7, 11) is 1.06. The second-order valence-electron chi connectivity index (χ2n) is 11.7. The Kier molecular flexibility index (Phi) is 4.83. The molecule has 2 saturated carbocycles. The number of esters is 2. The molecule has 0 aromatic carbocycles. The van der Waals surface area contributed by atoms with Gasteiger partial charge in [-0.25, -0.2) is 4.79 Å². The van der Waals surface area contributed by atoms with Crippen LogP contribution in [0.25, 0.3) is 0 Å². The molecule has 1 heterocycles. The molecule has 0 unspecified atom stereocenters. The van der Waals surface area contributed by atoms with Crippen molar-refractivity contribution in [1.82, 2.24) is 0 Å². The summed E-state index contributed by atoms with van der Waals surface area (Å²) in [5, 5.41) is 23.7. The van der Waals surface area contributed by atoms with E-state index >= 15 is 0 Å². The zero-order valence-corrected chi connectivity index (χ0v) is 21.2. The van der Waals surface area contributed by atoms with Crippen molar-refractivity contribution in [2.45, 2.75) is 72.0 Å². The molecular weight excluding hydrogens is 456 g/mol. The quantitative estimate of drug-likeness (QED) is 0.322. The number of rotatable bonds is 1. The number of carbonyl (C=O) groups excluding carboxylic acids is 5. The zero-order chi connectivity index (χ0) is 26.7. The Bertz CT molecular complexity index is 1180. The molecule has 4 aliphatic rings. The van der Waals surface area contributed by atoms with Crippen molar-refractivity contribution >= 4 is 29.3 Å². The number of Topliss-reactive ketones (excluding diaryl/α,β-unsaturated/α-hetero) is 3. The lowest BCUT2D eigenvalue weighted by Gasteiger charge is -2.68. The normalized spacial score (nSPS) is 44.8. The second kappa shape index (κ2) is 6.69. The number of ketones is 3. The van der Waals surface area contributed by atoms with Crippen molar-refractivity contribution in [2.24, 2.45) is 27.6 Å². The van der Waals surface area contributed by atoms with Crippen LogP contribution < -0.4 is 0 Å². The SMILES string of the molecule is C=C1C[C@]2(O)[C@]3(C)CCC(=O)C(C)(C)C3=C(O)C(=O)[C@]2(C)[C@H]2C(=O)O[C@@](C)(C(=O)OC)C(=O)[C@]12C. The number of allylic oxidation sites excluding steroid dienone is 1. The predicted molar refractivity (Wildman–Crippen MR) is 121 cm³/mol. The summed E-state index contributed by atoms with van der Waals surface area (Å²) in [6, 6.07) is 0. The lowest BCUT2D eigenvalue weighted by Crippen LogP contribution is -2.78. The van der Waals surface area contributed by atoms with Crippen LogP contribution in [0, 0.1) is 27.6 Å². The van der Waals surface area contributed by atoms with E-state index in [1.165, 1.54) is 13.8 Å². The largest absolute Gasteiger partial charge is 0.504 e. The second-order valence-corrected chi connectivity index (χ2v) is 11.7. The van der Waals surface area contributed by atoms with E-state index in [-0.39, 0.29) is 36.2 Å².